The zero-order chi connectivity index (χ0) is 31.5. The van der Waals surface area contributed by atoms with Crippen molar-refractivity contribution in [2.45, 2.75) is 63.8 Å². The fraction of sp³-hybridized carbons (Fsp3) is 0.387. The van der Waals surface area contributed by atoms with E-state index in [0.29, 0.717) is 47.0 Å². The van der Waals surface area contributed by atoms with Crippen LogP contribution in [0.3, 0.4) is 0 Å². The standard InChI is InChI=1S/C31H33F2N7O3S/c1-4-5-9-38-11-12-39(44(43)26-13-21(16-34)17-35-30(26)38)18-23-14-22(7-6-19(23)2)25(15-27(41)42)24-8-10-40-29(20(24)3)36-37-31(40)28(32)33/h6-8,10,13-14,17,25,28H,4-5,9,11-12,15,18H2,1-3H3,(H,41,42)/t25-,44?/m0/s1. The first-order valence-corrected chi connectivity index (χ1v) is 15.5. The van der Waals surface area contributed by atoms with Gasteiger partial charge in [0, 0.05) is 44.5 Å². The maximum Gasteiger partial charge on any atom is 0.304 e. The Morgan fingerprint density at radius 1 is 1.18 bits per heavy atom. The lowest BCUT2D eigenvalue weighted by Gasteiger charge is -2.24. The molecule has 0 bridgehead atoms. The van der Waals surface area contributed by atoms with E-state index >= 15 is 0 Å². The second-order valence-corrected chi connectivity index (χ2v) is 12.4. The number of fused-ring (bicyclic) bond motifs is 2. The van der Waals surface area contributed by atoms with E-state index in [4.69, 9.17) is 0 Å². The molecular formula is C31H33F2N7O3S. The summed E-state index contributed by atoms with van der Waals surface area (Å²) in [6.07, 6.45) is 1.87. The van der Waals surface area contributed by atoms with Crippen molar-refractivity contribution in [3.63, 3.8) is 0 Å². The number of carbonyl (C=O) groups is 1. The number of anilines is 1. The second-order valence-electron chi connectivity index (χ2n) is 10.9. The van der Waals surface area contributed by atoms with Gasteiger partial charge in [-0.15, -0.1) is 10.2 Å². The topological polar surface area (TPSA) is 128 Å². The molecule has 13 heteroatoms. The van der Waals surface area contributed by atoms with Crippen molar-refractivity contribution < 1.29 is 22.9 Å². The third-order valence-electron chi connectivity index (χ3n) is 8.05. The first-order chi connectivity index (χ1) is 21.1. The van der Waals surface area contributed by atoms with Crippen molar-refractivity contribution in [3.8, 4) is 6.07 Å². The Morgan fingerprint density at radius 2 is 1.98 bits per heavy atom. The van der Waals surface area contributed by atoms with Crippen molar-refractivity contribution in [1.29, 1.82) is 5.26 Å². The van der Waals surface area contributed by atoms with E-state index in [-0.39, 0.29) is 12.1 Å². The molecule has 0 saturated carbocycles. The first kappa shape index (κ1) is 31.2. The van der Waals surface area contributed by atoms with Crippen LogP contribution in [0.2, 0.25) is 0 Å². The molecule has 0 saturated heterocycles. The van der Waals surface area contributed by atoms with Crippen molar-refractivity contribution >= 4 is 28.4 Å². The van der Waals surface area contributed by atoms with Crippen LogP contribution >= 0.6 is 0 Å². The van der Waals surface area contributed by atoms with E-state index in [9.17, 15) is 28.2 Å². The molecule has 44 heavy (non-hydrogen) atoms. The van der Waals surface area contributed by atoms with Gasteiger partial charge >= 0.3 is 5.97 Å². The Kier molecular flexibility index (Phi) is 9.31. The van der Waals surface area contributed by atoms with Gasteiger partial charge in [0.2, 0.25) is 5.82 Å². The lowest BCUT2D eigenvalue weighted by molar-refractivity contribution is -0.137. The van der Waals surface area contributed by atoms with Gasteiger partial charge in [0.25, 0.3) is 6.43 Å². The third-order valence-corrected chi connectivity index (χ3v) is 9.51. The number of carboxylic acids is 1. The van der Waals surface area contributed by atoms with Gasteiger partial charge in [-0.05, 0) is 60.2 Å². The Hall–Kier alpha value is -4.28. The summed E-state index contributed by atoms with van der Waals surface area (Å²) in [4.78, 5) is 19.2. The molecule has 4 heterocycles. The minimum Gasteiger partial charge on any atom is -0.481 e. The van der Waals surface area contributed by atoms with Crippen LogP contribution in [0.15, 0.2) is 47.6 Å². The van der Waals surface area contributed by atoms with Crippen molar-refractivity contribution in [1.82, 2.24) is 23.9 Å². The number of alkyl halides is 2. The fourth-order valence-corrected chi connectivity index (χ4v) is 6.97. The fourth-order valence-electron chi connectivity index (χ4n) is 5.62. The summed E-state index contributed by atoms with van der Waals surface area (Å²) in [5.41, 5.74) is 4.35. The van der Waals surface area contributed by atoms with E-state index < -0.39 is 35.1 Å². The lowest BCUT2D eigenvalue weighted by Crippen LogP contribution is -2.33. The largest absolute Gasteiger partial charge is 0.481 e. The van der Waals surface area contributed by atoms with Crippen LogP contribution in [0.5, 0.6) is 0 Å². The number of benzene rings is 1. The zero-order valence-electron chi connectivity index (χ0n) is 24.7. The maximum absolute atomic E-state index is 14.0. The number of hydrogen-bond acceptors (Lipinski definition) is 7. The van der Waals surface area contributed by atoms with Gasteiger partial charge in [0.15, 0.2) is 5.65 Å². The average Bonchev–Trinajstić information content (AvgIpc) is 3.40. The number of rotatable bonds is 10. The molecule has 0 aliphatic carbocycles. The number of hydrogen-bond donors (Lipinski definition) is 1. The number of aliphatic carboxylic acids is 1. The van der Waals surface area contributed by atoms with E-state index in [1.807, 2.05) is 29.4 Å². The number of unbranched alkanes of at least 4 members (excludes halogenated alkanes) is 1. The lowest BCUT2D eigenvalue weighted by atomic mass is 9.85. The minimum atomic E-state index is -2.80. The van der Waals surface area contributed by atoms with Crippen molar-refractivity contribution in [3.05, 3.63) is 81.9 Å². The predicted octanol–water partition coefficient (Wildman–Crippen LogP) is 5.30. The highest BCUT2D eigenvalue weighted by Crippen LogP contribution is 2.35. The quantitative estimate of drug-likeness (QED) is 0.253. The molecule has 0 fully saturated rings. The zero-order valence-corrected chi connectivity index (χ0v) is 25.5. The average molecular weight is 622 g/mol. The van der Waals surface area contributed by atoms with E-state index in [2.05, 4.69) is 33.1 Å². The SMILES string of the molecule is CCCCN1CCN(Cc2cc([C@H](CC(=O)O)c3ccn4c(C(F)F)nnc4c3C)ccc2C)S(=O)c2cc(C#N)cnc21. The number of aryl methyl sites for hydroxylation is 2. The van der Waals surface area contributed by atoms with E-state index in [0.717, 1.165) is 36.1 Å². The van der Waals surface area contributed by atoms with Crippen LogP contribution in [-0.2, 0) is 22.3 Å². The molecule has 1 aromatic carbocycles. The molecule has 0 radical (unpaired) electrons. The molecule has 5 rings (SSSR count). The van der Waals surface area contributed by atoms with Crippen LogP contribution in [0, 0.1) is 25.2 Å². The monoisotopic (exact) mass is 621 g/mol. The van der Waals surface area contributed by atoms with Gasteiger partial charge in [0.05, 0.1) is 16.9 Å². The molecule has 4 aromatic rings. The van der Waals surface area contributed by atoms with Gasteiger partial charge in [-0.3, -0.25) is 9.20 Å². The van der Waals surface area contributed by atoms with Crippen molar-refractivity contribution in [2.24, 2.45) is 0 Å². The first-order valence-electron chi connectivity index (χ1n) is 14.4. The van der Waals surface area contributed by atoms with E-state index in [1.165, 1.54) is 16.8 Å². The van der Waals surface area contributed by atoms with Gasteiger partial charge < -0.3 is 10.0 Å². The third kappa shape index (κ3) is 6.18. The van der Waals surface area contributed by atoms with Crippen LogP contribution < -0.4 is 4.90 Å². The number of nitrogens with zero attached hydrogens (tertiary/aromatic N) is 7. The molecule has 1 aliphatic rings. The molecule has 10 nitrogen and oxygen atoms in total. The number of pyridine rings is 2. The van der Waals surface area contributed by atoms with Gasteiger partial charge in [-0.2, -0.15) is 5.26 Å². The van der Waals surface area contributed by atoms with Gasteiger partial charge in [-0.25, -0.2) is 22.3 Å². The number of halogens is 2. The summed E-state index contributed by atoms with van der Waals surface area (Å²) in [5.74, 6) is -1.45. The molecule has 2 atom stereocenters. The van der Waals surface area contributed by atoms with Crippen LogP contribution in [-0.4, -0.2) is 58.8 Å². The molecule has 230 valence electrons. The molecule has 3 aromatic heterocycles. The summed E-state index contributed by atoms with van der Waals surface area (Å²) in [6.45, 7) is 7.96. The Morgan fingerprint density at radius 3 is 2.68 bits per heavy atom. The van der Waals surface area contributed by atoms with Crippen LogP contribution in [0.1, 0.15) is 77.7 Å². The normalized spacial score (nSPS) is 16.1. The van der Waals surface area contributed by atoms with Crippen molar-refractivity contribution in [2.75, 3.05) is 24.5 Å². The molecular weight excluding hydrogens is 588 g/mol. The van der Waals surface area contributed by atoms with Crippen LogP contribution in [0.25, 0.3) is 5.65 Å². The van der Waals surface area contributed by atoms with E-state index in [1.54, 1.807) is 19.1 Å². The summed E-state index contributed by atoms with van der Waals surface area (Å²) < 4.78 is 43.9. The summed E-state index contributed by atoms with van der Waals surface area (Å²) in [6, 6.07) is 11.1. The molecule has 1 aliphatic heterocycles. The van der Waals surface area contributed by atoms with Gasteiger partial charge in [-0.1, -0.05) is 31.5 Å². The number of aromatic nitrogens is 4. The molecule has 1 unspecified atom stereocenters. The Bertz CT molecular complexity index is 1770. The molecule has 0 amide bonds. The Labute approximate surface area is 256 Å². The second kappa shape index (κ2) is 13.2. The summed E-state index contributed by atoms with van der Waals surface area (Å²) in [7, 11) is -1.60. The predicted molar refractivity (Wildman–Crippen MR) is 161 cm³/mol. The Balaban J connectivity index is 1.51. The van der Waals surface area contributed by atoms with Gasteiger partial charge in [0.1, 0.15) is 22.9 Å². The maximum atomic E-state index is 14.0. The number of nitriles is 1. The van der Waals surface area contributed by atoms with Crippen LogP contribution in [0.4, 0.5) is 14.6 Å². The minimum absolute atomic E-state index is 0.229. The highest BCUT2D eigenvalue weighted by Gasteiger charge is 2.29. The molecule has 0 spiro atoms. The smallest absolute Gasteiger partial charge is 0.304 e. The summed E-state index contributed by atoms with van der Waals surface area (Å²) in [5, 5.41) is 26.9. The summed E-state index contributed by atoms with van der Waals surface area (Å²) >= 11 is 0. The highest BCUT2D eigenvalue weighted by molar-refractivity contribution is 7.82. The number of carboxylic acid groups (broad SMARTS) is 1. The molecule has 1 N–H and O–H groups in total. The highest BCUT2D eigenvalue weighted by atomic mass is 32.2.